The van der Waals surface area contributed by atoms with Gasteiger partial charge in [0.15, 0.2) is 5.96 Å². The first-order valence-electron chi connectivity index (χ1n) is 10.1. The van der Waals surface area contributed by atoms with Crippen LogP contribution < -0.4 is 10.6 Å². The maximum atomic E-state index is 11.9. The van der Waals surface area contributed by atoms with E-state index in [1.54, 1.807) is 14.2 Å². The lowest BCUT2D eigenvalue weighted by molar-refractivity contribution is -0.122. The number of carbonyl (C=O) groups is 1. The highest BCUT2D eigenvalue weighted by Gasteiger charge is 2.21. The first-order chi connectivity index (χ1) is 14.2. The van der Waals surface area contributed by atoms with E-state index in [-0.39, 0.29) is 29.9 Å². The summed E-state index contributed by atoms with van der Waals surface area (Å²) in [6.07, 6.45) is 0.801. The summed E-state index contributed by atoms with van der Waals surface area (Å²) in [4.78, 5) is 20.7. The molecule has 8 nitrogen and oxygen atoms in total. The van der Waals surface area contributed by atoms with E-state index in [1.807, 2.05) is 18.2 Å². The number of piperazine rings is 1. The number of ether oxygens (including phenoxy) is 1. The van der Waals surface area contributed by atoms with Gasteiger partial charge in [-0.1, -0.05) is 18.2 Å². The average Bonchev–Trinajstić information content (AvgIpc) is 3.15. The predicted molar refractivity (Wildman–Crippen MR) is 130 cm³/mol. The Morgan fingerprint density at radius 3 is 2.63 bits per heavy atom. The molecule has 1 aliphatic rings. The third-order valence-electron chi connectivity index (χ3n) is 5.01. The van der Waals surface area contributed by atoms with Crippen LogP contribution in [0.3, 0.4) is 0 Å². The van der Waals surface area contributed by atoms with E-state index < -0.39 is 0 Å². The summed E-state index contributed by atoms with van der Waals surface area (Å²) in [6, 6.07) is 10.1. The minimum absolute atomic E-state index is 0. The van der Waals surface area contributed by atoms with Crippen molar-refractivity contribution in [2.45, 2.75) is 6.42 Å². The van der Waals surface area contributed by atoms with Crippen molar-refractivity contribution >= 4 is 46.8 Å². The van der Waals surface area contributed by atoms with Gasteiger partial charge >= 0.3 is 0 Å². The van der Waals surface area contributed by atoms with Crippen molar-refractivity contribution in [2.24, 2.45) is 4.99 Å². The average molecular weight is 529 g/mol. The summed E-state index contributed by atoms with van der Waals surface area (Å²) < 4.78 is 10.8. The number of amides is 1. The van der Waals surface area contributed by atoms with Gasteiger partial charge in [0, 0.05) is 65.2 Å². The van der Waals surface area contributed by atoms with Crippen LogP contribution in [0.2, 0.25) is 0 Å². The molecule has 0 bridgehead atoms. The fourth-order valence-electron chi connectivity index (χ4n) is 3.46. The van der Waals surface area contributed by atoms with Gasteiger partial charge in [-0.25, -0.2) is 0 Å². The molecule has 1 saturated heterocycles. The van der Waals surface area contributed by atoms with Gasteiger partial charge in [0.25, 0.3) is 0 Å². The number of methoxy groups -OCH3 is 1. The van der Waals surface area contributed by atoms with E-state index >= 15 is 0 Å². The van der Waals surface area contributed by atoms with Crippen LogP contribution in [-0.4, -0.2) is 88.2 Å². The second kappa shape index (κ2) is 12.8. The van der Waals surface area contributed by atoms with Gasteiger partial charge in [0.1, 0.15) is 11.3 Å². The number of fused-ring (bicyclic) bond motifs is 1. The minimum Gasteiger partial charge on any atom is -0.461 e. The molecule has 0 saturated carbocycles. The molecule has 166 valence electrons. The van der Waals surface area contributed by atoms with Crippen LogP contribution in [0.4, 0.5) is 0 Å². The summed E-state index contributed by atoms with van der Waals surface area (Å²) in [5.74, 6) is 1.91. The van der Waals surface area contributed by atoms with E-state index in [9.17, 15) is 4.79 Å². The van der Waals surface area contributed by atoms with E-state index in [0.717, 1.165) is 61.8 Å². The van der Waals surface area contributed by atoms with E-state index in [2.05, 4.69) is 37.6 Å². The Bertz CT molecular complexity index is 785. The lowest BCUT2D eigenvalue weighted by atomic mass is 10.2. The third kappa shape index (κ3) is 7.13. The number of guanidine groups is 1. The quantitative estimate of drug-likeness (QED) is 0.234. The predicted octanol–water partition coefficient (Wildman–Crippen LogP) is 1.55. The van der Waals surface area contributed by atoms with Crippen molar-refractivity contribution in [1.82, 2.24) is 20.4 Å². The van der Waals surface area contributed by atoms with Crippen molar-refractivity contribution in [1.29, 1.82) is 0 Å². The zero-order valence-corrected chi connectivity index (χ0v) is 20.1. The van der Waals surface area contributed by atoms with Crippen LogP contribution in [0.1, 0.15) is 5.76 Å². The summed E-state index contributed by atoms with van der Waals surface area (Å²) >= 11 is 0. The highest BCUT2D eigenvalue weighted by molar-refractivity contribution is 14.0. The lowest BCUT2D eigenvalue weighted by Crippen LogP contribution is -2.54. The third-order valence-corrected chi connectivity index (χ3v) is 5.01. The molecular formula is C21H32IN5O3. The maximum Gasteiger partial charge on any atom is 0.234 e. The Hall–Kier alpha value is -1.85. The Balaban J connectivity index is 0.00000320. The Labute approximate surface area is 195 Å². The van der Waals surface area contributed by atoms with Crippen molar-refractivity contribution in [2.75, 3.05) is 66.6 Å². The zero-order valence-electron chi connectivity index (χ0n) is 17.7. The first-order valence-corrected chi connectivity index (χ1v) is 10.1. The van der Waals surface area contributed by atoms with Crippen LogP contribution in [0.5, 0.6) is 0 Å². The monoisotopic (exact) mass is 529 g/mol. The topological polar surface area (TPSA) is 82.3 Å². The number of aliphatic imine (C=N–C) groups is 1. The molecule has 0 atom stereocenters. The van der Waals surface area contributed by atoms with Crippen LogP contribution in [0.25, 0.3) is 11.0 Å². The smallest absolute Gasteiger partial charge is 0.234 e. The molecule has 1 aliphatic heterocycles. The van der Waals surface area contributed by atoms with E-state index in [1.165, 1.54) is 0 Å². The molecule has 0 aliphatic carbocycles. The number of para-hydroxylation sites is 1. The number of hydrogen-bond acceptors (Lipinski definition) is 5. The highest BCUT2D eigenvalue weighted by Crippen LogP contribution is 2.18. The minimum atomic E-state index is 0. The molecule has 1 aromatic heterocycles. The number of nitrogens with one attached hydrogen (secondary N) is 2. The van der Waals surface area contributed by atoms with Crippen LogP contribution in [0.15, 0.2) is 39.7 Å². The van der Waals surface area contributed by atoms with Crippen molar-refractivity contribution < 1.29 is 13.9 Å². The number of benzene rings is 1. The summed E-state index contributed by atoms with van der Waals surface area (Å²) in [5.41, 5.74) is 0.925. The Morgan fingerprint density at radius 2 is 1.93 bits per heavy atom. The van der Waals surface area contributed by atoms with Gasteiger partial charge in [-0.3, -0.25) is 14.7 Å². The molecular weight excluding hydrogens is 497 g/mol. The van der Waals surface area contributed by atoms with Crippen LogP contribution >= 0.6 is 24.0 Å². The van der Waals surface area contributed by atoms with Gasteiger partial charge in [-0.05, 0) is 12.1 Å². The number of furan rings is 1. The van der Waals surface area contributed by atoms with Gasteiger partial charge in [-0.15, -0.1) is 24.0 Å². The van der Waals surface area contributed by atoms with E-state index in [0.29, 0.717) is 19.7 Å². The van der Waals surface area contributed by atoms with Crippen molar-refractivity contribution in [3.8, 4) is 0 Å². The zero-order chi connectivity index (χ0) is 20.5. The fraction of sp³-hybridized carbons (Fsp3) is 0.524. The number of nitrogens with zero attached hydrogens (tertiary/aromatic N) is 3. The first kappa shape index (κ1) is 24.4. The number of carbonyl (C=O) groups excluding carboxylic acids is 1. The fourth-order valence-corrected chi connectivity index (χ4v) is 3.46. The van der Waals surface area contributed by atoms with Gasteiger partial charge < -0.3 is 24.7 Å². The molecule has 2 heterocycles. The van der Waals surface area contributed by atoms with Gasteiger partial charge in [0.05, 0.1) is 13.2 Å². The molecule has 1 aromatic carbocycles. The summed E-state index contributed by atoms with van der Waals surface area (Å²) in [7, 11) is 3.43. The largest absolute Gasteiger partial charge is 0.461 e. The second-order valence-corrected chi connectivity index (χ2v) is 7.08. The molecule has 3 rings (SSSR count). The maximum absolute atomic E-state index is 11.9. The summed E-state index contributed by atoms with van der Waals surface area (Å²) in [6.45, 7) is 5.63. The van der Waals surface area contributed by atoms with Crippen molar-refractivity contribution in [3.63, 3.8) is 0 Å². The SMILES string of the molecule is CN=C(NCCc1cc2ccccc2o1)N1CCN(CC(=O)NCCOC)CC1.I. The van der Waals surface area contributed by atoms with Crippen LogP contribution in [0, 0.1) is 0 Å². The molecule has 2 aromatic rings. The number of hydrogen-bond donors (Lipinski definition) is 2. The number of rotatable bonds is 8. The van der Waals surface area contributed by atoms with E-state index in [4.69, 9.17) is 9.15 Å². The molecule has 9 heteroatoms. The highest BCUT2D eigenvalue weighted by atomic mass is 127. The standard InChI is InChI=1S/C21H31N5O3.HI/c1-22-21(24-8-7-18-15-17-5-3-4-6-19(17)29-18)26-12-10-25(11-13-26)16-20(27)23-9-14-28-2;/h3-6,15H,7-14,16H2,1-2H3,(H,22,24)(H,23,27);1H. The second-order valence-electron chi connectivity index (χ2n) is 7.08. The van der Waals surface area contributed by atoms with Crippen molar-refractivity contribution in [3.05, 3.63) is 36.1 Å². The lowest BCUT2D eigenvalue weighted by Gasteiger charge is -2.36. The molecule has 2 N–H and O–H groups in total. The van der Waals surface area contributed by atoms with Gasteiger partial charge in [-0.2, -0.15) is 0 Å². The molecule has 0 spiro atoms. The molecule has 1 amide bonds. The molecule has 0 radical (unpaired) electrons. The normalized spacial score (nSPS) is 15.1. The number of halogens is 1. The Kier molecular flexibility index (Phi) is 10.4. The molecule has 0 unspecified atom stereocenters. The van der Waals surface area contributed by atoms with Crippen LogP contribution in [-0.2, 0) is 16.0 Å². The molecule has 30 heavy (non-hydrogen) atoms. The Morgan fingerprint density at radius 1 is 1.17 bits per heavy atom. The van der Waals surface area contributed by atoms with Gasteiger partial charge in [0.2, 0.25) is 5.91 Å². The molecule has 1 fully saturated rings. The summed E-state index contributed by atoms with van der Waals surface area (Å²) in [5, 5.41) is 7.42.